The molecule has 1 atom stereocenters. The van der Waals surface area contributed by atoms with Gasteiger partial charge in [0, 0.05) is 5.56 Å². The number of carbonyl (C=O) groups excluding carboxylic acids is 1. The molecule has 0 aliphatic rings. The van der Waals surface area contributed by atoms with Crippen molar-refractivity contribution in [2.75, 3.05) is 6.61 Å². The summed E-state index contributed by atoms with van der Waals surface area (Å²) in [7, 11) is 0. The molecule has 15 heavy (non-hydrogen) atoms. The van der Waals surface area contributed by atoms with Gasteiger partial charge in [0.25, 0.3) is 0 Å². The molecule has 1 unspecified atom stereocenters. The average Bonchev–Trinajstić information content (AvgIpc) is 2.28. The highest BCUT2D eigenvalue weighted by molar-refractivity contribution is 6.33. The van der Waals surface area contributed by atoms with Crippen LogP contribution in [0, 0.1) is 0 Å². The monoisotopic (exact) mass is 226 g/mol. The van der Waals surface area contributed by atoms with Crippen LogP contribution in [-0.2, 0) is 0 Å². The fourth-order valence-electron chi connectivity index (χ4n) is 1.27. The Bertz CT molecular complexity index is 336. The first-order valence-electron chi connectivity index (χ1n) is 5.10. The molecule has 1 rings (SSSR count). The molecule has 0 heterocycles. The number of benzene rings is 1. The van der Waals surface area contributed by atoms with Gasteiger partial charge in [0.15, 0.2) is 5.78 Å². The Morgan fingerprint density at radius 3 is 2.80 bits per heavy atom. The lowest BCUT2D eigenvalue weighted by Gasteiger charge is -2.07. The smallest absolute Gasteiger partial charge is 0.180 e. The van der Waals surface area contributed by atoms with Gasteiger partial charge < -0.3 is 4.74 Å². The van der Waals surface area contributed by atoms with Crippen LogP contribution in [-0.4, -0.2) is 17.8 Å². The summed E-state index contributed by atoms with van der Waals surface area (Å²) in [6.45, 7) is 4.39. The second-order valence-electron chi connectivity index (χ2n) is 3.20. The first-order chi connectivity index (χ1) is 7.19. The zero-order valence-electron chi connectivity index (χ0n) is 9.00. The van der Waals surface area contributed by atoms with E-state index in [4.69, 9.17) is 16.3 Å². The molecule has 0 amide bonds. The van der Waals surface area contributed by atoms with Crippen molar-refractivity contribution in [1.29, 1.82) is 0 Å². The number of hydrogen-bond donors (Lipinski definition) is 0. The van der Waals surface area contributed by atoms with Gasteiger partial charge >= 0.3 is 0 Å². The molecule has 1 aromatic carbocycles. The topological polar surface area (TPSA) is 26.3 Å². The number of ether oxygens (including phenoxy) is 1. The van der Waals surface area contributed by atoms with Crippen LogP contribution in [0.4, 0.5) is 0 Å². The first kappa shape index (κ1) is 12.1. The van der Waals surface area contributed by atoms with E-state index in [0.717, 1.165) is 0 Å². The summed E-state index contributed by atoms with van der Waals surface area (Å²) in [6.07, 6.45) is 0.638. The van der Waals surface area contributed by atoms with Crippen molar-refractivity contribution in [1.82, 2.24) is 0 Å². The fourth-order valence-corrected chi connectivity index (χ4v) is 1.40. The SMILES string of the molecule is CCOc1cccc(C(=O)C(Cl)CC)c1. The second-order valence-corrected chi connectivity index (χ2v) is 3.73. The molecule has 1 aromatic rings. The van der Waals surface area contributed by atoms with Crippen molar-refractivity contribution in [2.24, 2.45) is 0 Å². The molecule has 0 N–H and O–H groups in total. The maximum atomic E-state index is 11.7. The van der Waals surface area contributed by atoms with E-state index < -0.39 is 5.38 Å². The highest BCUT2D eigenvalue weighted by atomic mass is 35.5. The number of hydrogen-bond acceptors (Lipinski definition) is 2. The van der Waals surface area contributed by atoms with E-state index in [-0.39, 0.29) is 5.78 Å². The Balaban J connectivity index is 2.85. The summed E-state index contributed by atoms with van der Waals surface area (Å²) >= 11 is 5.89. The number of ketones is 1. The van der Waals surface area contributed by atoms with Crippen molar-refractivity contribution in [3.05, 3.63) is 29.8 Å². The van der Waals surface area contributed by atoms with Crippen LogP contribution in [0.2, 0.25) is 0 Å². The molecule has 0 saturated carbocycles. The molecule has 0 saturated heterocycles. The van der Waals surface area contributed by atoms with Gasteiger partial charge in [-0.1, -0.05) is 19.1 Å². The Morgan fingerprint density at radius 2 is 2.20 bits per heavy atom. The molecular formula is C12H15ClO2. The lowest BCUT2D eigenvalue weighted by molar-refractivity contribution is 0.0985. The fraction of sp³-hybridized carbons (Fsp3) is 0.417. The quantitative estimate of drug-likeness (QED) is 0.569. The number of Topliss-reactive ketones (excluding diaryl/α,β-unsaturated/α-hetero) is 1. The summed E-state index contributed by atoms with van der Waals surface area (Å²) in [4.78, 5) is 11.7. The summed E-state index contributed by atoms with van der Waals surface area (Å²) < 4.78 is 5.31. The van der Waals surface area contributed by atoms with E-state index in [1.54, 1.807) is 18.2 Å². The van der Waals surface area contributed by atoms with Crippen molar-refractivity contribution in [3.63, 3.8) is 0 Å². The molecule has 0 aromatic heterocycles. The third-order valence-electron chi connectivity index (χ3n) is 2.07. The maximum absolute atomic E-state index is 11.7. The van der Waals surface area contributed by atoms with Gasteiger partial charge in [-0.15, -0.1) is 11.6 Å². The third-order valence-corrected chi connectivity index (χ3v) is 2.58. The van der Waals surface area contributed by atoms with Gasteiger partial charge in [0.1, 0.15) is 5.75 Å². The molecule has 2 nitrogen and oxygen atoms in total. The summed E-state index contributed by atoms with van der Waals surface area (Å²) in [5.74, 6) is 0.670. The van der Waals surface area contributed by atoms with Crippen LogP contribution in [0.1, 0.15) is 30.6 Å². The molecule has 0 aliphatic heterocycles. The highest BCUT2D eigenvalue weighted by Crippen LogP contribution is 2.17. The molecule has 0 bridgehead atoms. The van der Waals surface area contributed by atoms with Crippen LogP contribution in [0.25, 0.3) is 0 Å². The summed E-state index contributed by atoms with van der Waals surface area (Å²) in [5.41, 5.74) is 0.614. The lowest BCUT2D eigenvalue weighted by atomic mass is 10.1. The highest BCUT2D eigenvalue weighted by Gasteiger charge is 2.15. The van der Waals surface area contributed by atoms with Crippen LogP contribution in [0.3, 0.4) is 0 Å². The minimum absolute atomic E-state index is 0.0410. The minimum Gasteiger partial charge on any atom is -0.494 e. The Kier molecular flexibility index (Phi) is 4.63. The first-order valence-corrected chi connectivity index (χ1v) is 5.53. The third kappa shape index (κ3) is 3.24. The van der Waals surface area contributed by atoms with Gasteiger partial charge in [-0.25, -0.2) is 0 Å². The number of carbonyl (C=O) groups is 1. The predicted molar refractivity (Wildman–Crippen MR) is 61.9 cm³/mol. The number of rotatable bonds is 5. The zero-order valence-corrected chi connectivity index (χ0v) is 9.75. The molecule has 82 valence electrons. The predicted octanol–water partition coefficient (Wildman–Crippen LogP) is 3.29. The molecule has 3 heteroatoms. The van der Waals surface area contributed by atoms with Crippen molar-refractivity contribution >= 4 is 17.4 Å². The second kappa shape index (κ2) is 5.76. The maximum Gasteiger partial charge on any atom is 0.180 e. The van der Waals surface area contributed by atoms with E-state index in [0.29, 0.717) is 24.3 Å². The molecule has 0 fully saturated rings. The largest absolute Gasteiger partial charge is 0.494 e. The van der Waals surface area contributed by atoms with Crippen LogP contribution in [0.5, 0.6) is 5.75 Å². The summed E-state index contributed by atoms with van der Waals surface area (Å²) in [6, 6.07) is 7.12. The Labute approximate surface area is 95.2 Å². The van der Waals surface area contributed by atoms with Gasteiger partial charge in [0.05, 0.1) is 12.0 Å². The number of alkyl halides is 1. The molecule has 0 aliphatic carbocycles. The average molecular weight is 227 g/mol. The minimum atomic E-state index is -0.443. The molecule has 0 radical (unpaired) electrons. The van der Waals surface area contributed by atoms with Gasteiger partial charge in [-0.2, -0.15) is 0 Å². The van der Waals surface area contributed by atoms with Crippen LogP contribution < -0.4 is 4.74 Å². The molecular weight excluding hydrogens is 212 g/mol. The van der Waals surface area contributed by atoms with Crippen LogP contribution >= 0.6 is 11.6 Å². The van der Waals surface area contributed by atoms with Gasteiger partial charge in [-0.05, 0) is 25.5 Å². The molecule has 0 spiro atoms. The van der Waals surface area contributed by atoms with E-state index in [1.807, 2.05) is 19.9 Å². The van der Waals surface area contributed by atoms with E-state index in [1.165, 1.54) is 0 Å². The van der Waals surface area contributed by atoms with E-state index in [9.17, 15) is 4.79 Å². The van der Waals surface area contributed by atoms with Gasteiger partial charge in [-0.3, -0.25) is 4.79 Å². The van der Waals surface area contributed by atoms with E-state index >= 15 is 0 Å². The zero-order chi connectivity index (χ0) is 11.3. The van der Waals surface area contributed by atoms with Crippen molar-refractivity contribution in [2.45, 2.75) is 25.6 Å². The lowest BCUT2D eigenvalue weighted by Crippen LogP contribution is -2.13. The Hall–Kier alpha value is -1.02. The van der Waals surface area contributed by atoms with E-state index in [2.05, 4.69) is 0 Å². The normalized spacial score (nSPS) is 12.2. The Morgan fingerprint density at radius 1 is 1.47 bits per heavy atom. The van der Waals surface area contributed by atoms with Crippen LogP contribution in [0.15, 0.2) is 24.3 Å². The van der Waals surface area contributed by atoms with Crippen molar-refractivity contribution < 1.29 is 9.53 Å². The number of halogens is 1. The van der Waals surface area contributed by atoms with Gasteiger partial charge in [0.2, 0.25) is 0 Å². The standard InChI is InChI=1S/C12H15ClO2/c1-3-11(13)12(14)9-6-5-7-10(8-9)15-4-2/h5-8,11H,3-4H2,1-2H3. The summed E-state index contributed by atoms with van der Waals surface area (Å²) in [5, 5.41) is -0.443. The van der Waals surface area contributed by atoms with Crippen molar-refractivity contribution in [3.8, 4) is 5.75 Å².